The number of nitrogen functional groups attached to an aromatic ring is 1. The molecule has 0 fully saturated rings. The summed E-state index contributed by atoms with van der Waals surface area (Å²) in [5.74, 6) is -0.672. The van der Waals surface area contributed by atoms with Crippen LogP contribution in [-0.4, -0.2) is 11.8 Å². The van der Waals surface area contributed by atoms with Crippen LogP contribution in [0.2, 0.25) is 0 Å². The van der Waals surface area contributed by atoms with Crippen LogP contribution in [0.25, 0.3) is 0 Å². The summed E-state index contributed by atoms with van der Waals surface area (Å²) in [7, 11) is 0. The lowest BCUT2D eigenvalue weighted by atomic mass is 10.1. The lowest BCUT2D eigenvalue weighted by Gasteiger charge is -2.10. The number of rotatable bonds is 6. The third-order valence-corrected chi connectivity index (χ3v) is 4.45. The molecule has 3 rings (SSSR count). The molecule has 0 radical (unpaired) electrons. The Labute approximate surface area is 168 Å². The number of hydrogen-bond donors (Lipinski definition) is 5. The Hall–Kier alpha value is -3.68. The summed E-state index contributed by atoms with van der Waals surface area (Å²) < 4.78 is 0. The minimum Gasteiger partial charge on any atom is -0.398 e. The van der Waals surface area contributed by atoms with E-state index in [0.717, 1.165) is 11.1 Å². The van der Waals surface area contributed by atoms with E-state index in [1.54, 1.807) is 30.3 Å². The summed E-state index contributed by atoms with van der Waals surface area (Å²) in [6.07, 6.45) is 0. The molecule has 7 nitrogen and oxygen atoms in total. The zero-order chi connectivity index (χ0) is 20.8. The smallest absolute Gasteiger partial charge is 0.257 e. The fourth-order valence-corrected chi connectivity index (χ4v) is 2.76. The second-order valence-electron chi connectivity index (χ2n) is 6.51. The van der Waals surface area contributed by atoms with Gasteiger partial charge in [0.15, 0.2) is 0 Å². The maximum absolute atomic E-state index is 12.5. The molecule has 0 spiro atoms. The number of nitrogens with one attached hydrogen (secondary N) is 2. The Balaban J connectivity index is 1.69. The van der Waals surface area contributed by atoms with Crippen molar-refractivity contribution < 1.29 is 9.59 Å². The van der Waals surface area contributed by atoms with Crippen molar-refractivity contribution in [3.63, 3.8) is 0 Å². The van der Waals surface area contributed by atoms with Gasteiger partial charge in [-0.2, -0.15) is 0 Å². The molecular formula is C22H23N5O2. The van der Waals surface area contributed by atoms with Crippen molar-refractivity contribution in [2.45, 2.75) is 13.1 Å². The van der Waals surface area contributed by atoms with E-state index in [9.17, 15) is 9.59 Å². The fourth-order valence-electron chi connectivity index (χ4n) is 2.76. The average molecular weight is 389 g/mol. The van der Waals surface area contributed by atoms with Gasteiger partial charge < -0.3 is 27.8 Å². The van der Waals surface area contributed by atoms with Crippen LogP contribution in [-0.2, 0) is 13.1 Å². The van der Waals surface area contributed by atoms with Gasteiger partial charge in [-0.3, -0.25) is 9.59 Å². The van der Waals surface area contributed by atoms with Crippen molar-refractivity contribution in [2.24, 2.45) is 11.5 Å². The second kappa shape index (κ2) is 9.01. The number of nitrogens with two attached hydrogens (primary N) is 3. The highest BCUT2D eigenvalue weighted by molar-refractivity contribution is 6.10. The van der Waals surface area contributed by atoms with Crippen molar-refractivity contribution in [2.75, 3.05) is 16.4 Å². The zero-order valence-electron chi connectivity index (χ0n) is 15.8. The molecular weight excluding hydrogens is 366 g/mol. The predicted molar refractivity (Wildman–Crippen MR) is 115 cm³/mol. The highest BCUT2D eigenvalue weighted by Gasteiger charge is 2.14. The SMILES string of the molecule is NCc1ccc(NC(=O)c2ccc(C(=O)Nc3ccc(CN)cc3)c(N)c2)cc1. The first kappa shape index (κ1) is 20.1. The third kappa shape index (κ3) is 4.98. The monoisotopic (exact) mass is 389 g/mol. The minimum atomic E-state index is -0.354. The summed E-state index contributed by atoms with van der Waals surface area (Å²) in [4.78, 5) is 24.9. The second-order valence-corrected chi connectivity index (χ2v) is 6.51. The minimum absolute atomic E-state index is 0.215. The van der Waals surface area contributed by atoms with Crippen molar-refractivity contribution in [3.8, 4) is 0 Å². The van der Waals surface area contributed by atoms with Gasteiger partial charge in [0, 0.05) is 35.7 Å². The number of carbonyl (C=O) groups is 2. The molecule has 29 heavy (non-hydrogen) atoms. The lowest BCUT2D eigenvalue weighted by molar-refractivity contribution is 0.101. The highest BCUT2D eigenvalue weighted by Crippen LogP contribution is 2.19. The predicted octanol–water partition coefficient (Wildman–Crippen LogP) is 2.69. The fraction of sp³-hybridized carbons (Fsp3) is 0.0909. The lowest BCUT2D eigenvalue weighted by Crippen LogP contribution is -2.16. The van der Waals surface area contributed by atoms with E-state index in [-0.39, 0.29) is 23.1 Å². The highest BCUT2D eigenvalue weighted by atomic mass is 16.2. The van der Waals surface area contributed by atoms with Crippen molar-refractivity contribution in [1.29, 1.82) is 0 Å². The number of carbonyl (C=O) groups excluding carboxylic acids is 2. The number of hydrogen-bond acceptors (Lipinski definition) is 5. The van der Waals surface area contributed by atoms with Crippen molar-refractivity contribution >= 4 is 28.9 Å². The van der Waals surface area contributed by atoms with Crippen molar-refractivity contribution in [3.05, 3.63) is 89.0 Å². The maximum atomic E-state index is 12.5. The van der Waals surface area contributed by atoms with Crippen LogP contribution in [0.5, 0.6) is 0 Å². The van der Waals surface area contributed by atoms with E-state index in [2.05, 4.69) is 10.6 Å². The standard InChI is InChI=1S/C22H23N5O2/c23-12-14-1-6-17(7-2-14)26-21(28)16-5-10-19(20(25)11-16)22(29)27-18-8-3-15(13-24)4-9-18/h1-11H,12-13,23-25H2,(H,26,28)(H,27,29). The Kier molecular flexibility index (Phi) is 6.23. The van der Waals surface area contributed by atoms with E-state index in [0.29, 0.717) is 30.0 Å². The van der Waals surface area contributed by atoms with Crippen LogP contribution in [0.1, 0.15) is 31.8 Å². The Morgan fingerprint density at radius 3 is 1.62 bits per heavy atom. The van der Waals surface area contributed by atoms with Gasteiger partial charge in [0.05, 0.1) is 5.56 Å². The first-order chi connectivity index (χ1) is 14.0. The van der Waals surface area contributed by atoms with E-state index >= 15 is 0 Å². The molecule has 0 aliphatic carbocycles. The molecule has 0 heterocycles. The normalized spacial score (nSPS) is 10.4. The Morgan fingerprint density at radius 2 is 1.17 bits per heavy atom. The summed E-state index contributed by atoms with van der Waals surface area (Å²) in [5, 5.41) is 5.57. The quantitative estimate of drug-likeness (QED) is 0.413. The summed E-state index contributed by atoms with van der Waals surface area (Å²) in [5.41, 5.74) is 21.2. The molecule has 0 saturated carbocycles. The van der Waals surface area contributed by atoms with E-state index in [1.807, 2.05) is 24.3 Å². The number of benzene rings is 3. The van der Waals surface area contributed by atoms with Gasteiger partial charge in [-0.05, 0) is 53.6 Å². The Morgan fingerprint density at radius 1 is 0.690 bits per heavy atom. The molecule has 3 aromatic rings. The average Bonchev–Trinajstić information content (AvgIpc) is 2.74. The molecule has 148 valence electrons. The topological polar surface area (TPSA) is 136 Å². The Bertz CT molecular complexity index is 1010. The van der Waals surface area contributed by atoms with Crippen LogP contribution in [0.15, 0.2) is 66.7 Å². The molecule has 0 saturated heterocycles. The van der Waals surface area contributed by atoms with Gasteiger partial charge in [-0.25, -0.2) is 0 Å². The maximum Gasteiger partial charge on any atom is 0.257 e. The first-order valence-corrected chi connectivity index (χ1v) is 9.10. The van der Waals surface area contributed by atoms with Gasteiger partial charge in [-0.1, -0.05) is 24.3 Å². The molecule has 2 amide bonds. The van der Waals surface area contributed by atoms with Gasteiger partial charge in [-0.15, -0.1) is 0 Å². The van der Waals surface area contributed by atoms with Crippen LogP contribution in [0.3, 0.4) is 0 Å². The number of amides is 2. The largest absolute Gasteiger partial charge is 0.398 e. The molecule has 0 aliphatic rings. The van der Waals surface area contributed by atoms with E-state index in [1.165, 1.54) is 12.1 Å². The van der Waals surface area contributed by atoms with E-state index in [4.69, 9.17) is 17.2 Å². The van der Waals surface area contributed by atoms with Crippen LogP contribution >= 0.6 is 0 Å². The van der Waals surface area contributed by atoms with Gasteiger partial charge in [0.1, 0.15) is 0 Å². The van der Waals surface area contributed by atoms with E-state index < -0.39 is 0 Å². The van der Waals surface area contributed by atoms with Crippen LogP contribution in [0, 0.1) is 0 Å². The molecule has 8 N–H and O–H groups in total. The first-order valence-electron chi connectivity index (χ1n) is 9.10. The van der Waals surface area contributed by atoms with Gasteiger partial charge in [0.25, 0.3) is 11.8 Å². The summed E-state index contributed by atoms with van der Waals surface area (Å²) in [6.45, 7) is 0.868. The van der Waals surface area contributed by atoms with Gasteiger partial charge in [0.2, 0.25) is 0 Å². The molecule has 3 aromatic carbocycles. The molecule has 0 atom stereocenters. The third-order valence-electron chi connectivity index (χ3n) is 4.45. The molecule has 0 unspecified atom stereocenters. The zero-order valence-corrected chi connectivity index (χ0v) is 15.8. The molecule has 0 bridgehead atoms. The number of anilines is 3. The molecule has 7 heteroatoms. The summed E-state index contributed by atoms with van der Waals surface area (Å²) in [6, 6.07) is 19.0. The molecule has 0 aliphatic heterocycles. The van der Waals surface area contributed by atoms with Crippen LogP contribution in [0.4, 0.5) is 17.1 Å². The van der Waals surface area contributed by atoms with Crippen molar-refractivity contribution in [1.82, 2.24) is 0 Å². The molecule has 0 aromatic heterocycles. The van der Waals surface area contributed by atoms with Gasteiger partial charge >= 0.3 is 0 Å². The van der Waals surface area contributed by atoms with Crippen LogP contribution < -0.4 is 27.8 Å². The summed E-state index contributed by atoms with van der Waals surface area (Å²) >= 11 is 0.